The third-order valence-corrected chi connectivity index (χ3v) is 5.23. The monoisotopic (exact) mass is 280 g/mol. The molecule has 20 heavy (non-hydrogen) atoms. The molecule has 96 valence electrons. The van der Waals surface area contributed by atoms with E-state index in [1.807, 2.05) is 12.4 Å². The summed E-state index contributed by atoms with van der Waals surface area (Å²) in [4.78, 5) is 4.27. The van der Waals surface area contributed by atoms with Crippen LogP contribution in [0.1, 0.15) is 5.56 Å². The second-order valence-corrected chi connectivity index (χ2v) is 6.09. The van der Waals surface area contributed by atoms with Gasteiger partial charge in [0.2, 0.25) is 11.0 Å². The van der Waals surface area contributed by atoms with Crippen molar-refractivity contribution in [1.82, 2.24) is 8.77 Å². The van der Waals surface area contributed by atoms with Gasteiger partial charge in [-0.1, -0.05) is 12.1 Å². The van der Waals surface area contributed by atoms with Crippen LogP contribution in [0.3, 0.4) is 0 Å². The summed E-state index contributed by atoms with van der Waals surface area (Å²) in [6, 6.07) is 10.7. The molecule has 4 heterocycles. The summed E-state index contributed by atoms with van der Waals surface area (Å²) in [5.74, 6) is 1.24. The molecule has 0 saturated carbocycles. The number of hydrogen-bond acceptors (Lipinski definition) is 2. The van der Waals surface area contributed by atoms with Crippen LogP contribution in [0.15, 0.2) is 42.7 Å². The van der Waals surface area contributed by atoms with Crippen LogP contribution in [0.4, 0.5) is 0 Å². The molecule has 5 heteroatoms. The van der Waals surface area contributed by atoms with Gasteiger partial charge in [-0.3, -0.25) is 4.98 Å². The zero-order valence-electron chi connectivity index (χ0n) is 10.9. The maximum atomic E-state index is 4.27. The molecule has 4 nitrogen and oxygen atoms in total. The normalized spacial score (nSPS) is 13.1. The Morgan fingerprint density at radius 2 is 2.15 bits per heavy atom. The quantitative estimate of drug-likeness (QED) is 0.396. The molecule has 3 aromatic heterocycles. The molecule has 1 aliphatic rings. The molecule has 0 bridgehead atoms. The van der Waals surface area contributed by atoms with Crippen LogP contribution in [-0.2, 0) is 13.6 Å². The van der Waals surface area contributed by atoms with E-state index in [2.05, 4.69) is 55.3 Å². The summed E-state index contributed by atoms with van der Waals surface area (Å²) in [6.07, 6.45) is 3.86. The molecule has 0 saturated heterocycles. The highest BCUT2D eigenvalue weighted by Crippen LogP contribution is 2.31. The smallest absolute Gasteiger partial charge is 0.264 e. The van der Waals surface area contributed by atoms with Gasteiger partial charge in [0.25, 0.3) is 5.01 Å². The number of fused-ring (bicyclic) bond motifs is 7. The van der Waals surface area contributed by atoms with Crippen LogP contribution in [-0.4, -0.2) is 8.77 Å². The fourth-order valence-electron chi connectivity index (χ4n) is 3.14. The van der Waals surface area contributed by atoms with Crippen molar-refractivity contribution in [2.45, 2.75) is 6.54 Å². The van der Waals surface area contributed by atoms with Gasteiger partial charge in [0.15, 0.2) is 0 Å². The highest BCUT2D eigenvalue weighted by atomic mass is 32.1. The molecule has 0 radical (unpaired) electrons. The van der Waals surface area contributed by atoms with E-state index in [0.29, 0.717) is 0 Å². The Balaban J connectivity index is 1.97. The highest BCUT2D eigenvalue weighted by Gasteiger charge is 2.39. The topological polar surface area (TPSA) is 25.1 Å². The van der Waals surface area contributed by atoms with Crippen LogP contribution in [0.25, 0.3) is 27.4 Å². The molecule has 0 N–H and O–H groups in total. The molecule has 0 spiro atoms. The minimum atomic E-state index is 0.935. The van der Waals surface area contributed by atoms with E-state index in [1.165, 1.54) is 32.9 Å². The van der Waals surface area contributed by atoms with E-state index in [9.17, 15) is 0 Å². The fourth-order valence-corrected chi connectivity index (χ4v) is 4.39. The van der Waals surface area contributed by atoms with Gasteiger partial charge in [-0.05, 0) is 15.9 Å². The van der Waals surface area contributed by atoms with Crippen LogP contribution < -0.4 is 9.13 Å². The lowest BCUT2D eigenvalue weighted by molar-refractivity contribution is -0.742. The van der Waals surface area contributed by atoms with Crippen LogP contribution in [0.2, 0.25) is 0 Å². The first-order valence-corrected chi connectivity index (χ1v) is 7.37. The summed E-state index contributed by atoms with van der Waals surface area (Å²) >= 11 is 1.80. The Morgan fingerprint density at radius 3 is 3.10 bits per heavy atom. The first kappa shape index (κ1) is 10.5. The summed E-state index contributed by atoms with van der Waals surface area (Å²) in [5, 5.41) is 1.30. The first-order valence-electron chi connectivity index (χ1n) is 6.60. The van der Waals surface area contributed by atoms with Gasteiger partial charge in [0, 0.05) is 24.0 Å². The molecule has 4 aromatic rings. The summed E-state index contributed by atoms with van der Waals surface area (Å²) in [6.45, 7) is 0.935. The number of nitrogens with zero attached hydrogens (tertiary/aromatic N) is 4. The molecular formula is C15H12N4S+2. The Morgan fingerprint density at radius 1 is 1.25 bits per heavy atom. The third kappa shape index (κ3) is 1.10. The van der Waals surface area contributed by atoms with E-state index >= 15 is 0 Å². The number of imidazole rings is 1. The minimum absolute atomic E-state index is 0.935. The van der Waals surface area contributed by atoms with Gasteiger partial charge < -0.3 is 0 Å². The summed E-state index contributed by atoms with van der Waals surface area (Å²) in [7, 11) is 2.14. The third-order valence-electron chi connectivity index (χ3n) is 4.08. The Kier molecular flexibility index (Phi) is 1.80. The van der Waals surface area contributed by atoms with Gasteiger partial charge in [-0.25, -0.2) is 0 Å². The van der Waals surface area contributed by atoms with E-state index in [4.69, 9.17) is 0 Å². The van der Waals surface area contributed by atoms with Crippen LogP contribution in [0.5, 0.6) is 0 Å². The average molecular weight is 280 g/mol. The molecule has 0 fully saturated rings. The van der Waals surface area contributed by atoms with Crippen molar-refractivity contribution in [3.63, 3.8) is 0 Å². The zero-order valence-corrected chi connectivity index (χ0v) is 11.8. The molecule has 0 atom stereocenters. The summed E-state index contributed by atoms with van der Waals surface area (Å²) in [5.41, 5.74) is 5.16. The van der Waals surface area contributed by atoms with Crippen molar-refractivity contribution in [1.29, 1.82) is 0 Å². The zero-order chi connectivity index (χ0) is 13.3. The van der Waals surface area contributed by atoms with Crippen LogP contribution >= 0.6 is 11.5 Å². The Labute approximate surface area is 119 Å². The van der Waals surface area contributed by atoms with Gasteiger partial charge in [0.1, 0.15) is 25.1 Å². The van der Waals surface area contributed by atoms with Gasteiger partial charge in [-0.2, -0.15) is 0 Å². The van der Waals surface area contributed by atoms with E-state index < -0.39 is 0 Å². The van der Waals surface area contributed by atoms with Crippen LogP contribution in [0, 0.1) is 0 Å². The van der Waals surface area contributed by atoms with Gasteiger partial charge >= 0.3 is 5.78 Å². The summed E-state index contributed by atoms with van der Waals surface area (Å²) < 4.78 is 6.98. The van der Waals surface area contributed by atoms with Crippen molar-refractivity contribution >= 4 is 28.3 Å². The van der Waals surface area contributed by atoms with Crippen molar-refractivity contribution in [2.24, 2.45) is 7.05 Å². The van der Waals surface area contributed by atoms with Gasteiger partial charge in [0.05, 0.1) is 5.56 Å². The highest BCUT2D eigenvalue weighted by molar-refractivity contribution is 7.09. The van der Waals surface area contributed by atoms with Gasteiger partial charge in [-0.15, -0.1) is 9.13 Å². The van der Waals surface area contributed by atoms with E-state index in [1.54, 1.807) is 11.5 Å². The number of aryl methyl sites for hydroxylation is 1. The van der Waals surface area contributed by atoms with Crippen molar-refractivity contribution in [3.05, 3.63) is 48.3 Å². The second-order valence-electron chi connectivity index (χ2n) is 5.16. The minimum Gasteiger partial charge on any atom is -0.264 e. The molecule has 0 unspecified atom stereocenters. The lowest BCUT2D eigenvalue weighted by Crippen LogP contribution is -2.42. The first-order chi connectivity index (χ1) is 9.84. The molecule has 0 amide bonds. The van der Waals surface area contributed by atoms with E-state index in [0.717, 1.165) is 6.54 Å². The number of para-hydroxylation sites is 2. The Bertz CT molecular complexity index is 996. The average Bonchev–Trinajstić information content (AvgIpc) is 3.09. The van der Waals surface area contributed by atoms with Crippen molar-refractivity contribution in [2.75, 3.05) is 0 Å². The standard InChI is InChI=1S/C15H12N4S/c1-17-12-4-2-3-5-13(12)19-15(17)18-9-10-6-7-16-8-11(10)14(18)20-19/h2-8H,9H2,1H3/q+2. The lowest BCUT2D eigenvalue weighted by atomic mass is 10.2. The maximum Gasteiger partial charge on any atom is 0.552 e. The molecule has 1 aliphatic heterocycles. The number of hydrogen-bond donors (Lipinski definition) is 0. The largest absolute Gasteiger partial charge is 0.552 e. The lowest BCUT2D eigenvalue weighted by Gasteiger charge is -1.89. The SMILES string of the molecule is C[n+]1c2ccccc2n2sc3[n+](c21)Cc1ccncc1-3. The molecular weight excluding hydrogens is 268 g/mol. The number of pyridine rings is 1. The Hall–Kier alpha value is -2.27. The fraction of sp³-hybridized carbons (Fsp3) is 0.133. The molecule has 0 aliphatic carbocycles. The second kappa shape index (κ2) is 3.43. The number of aromatic nitrogens is 4. The number of rotatable bonds is 0. The molecule has 1 aromatic carbocycles. The molecule has 5 rings (SSSR count). The maximum absolute atomic E-state index is 4.27. The van der Waals surface area contributed by atoms with Crippen molar-refractivity contribution < 1.29 is 9.13 Å². The predicted molar refractivity (Wildman–Crippen MR) is 76.5 cm³/mol. The van der Waals surface area contributed by atoms with Crippen molar-refractivity contribution in [3.8, 4) is 10.6 Å². The predicted octanol–water partition coefficient (Wildman–Crippen LogP) is 1.69. The number of benzene rings is 1. The van der Waals surface area contributed by atoms with E-state index in [-0.39, 0.29) is 0 Å².